The predicted molar refractivity (Wildman–Crippen MR) is 111 cm³/mol. The summed E-state index contributed by atoms with van der Waals surface area (Å²) in [6.07, 6.45) is 7.04. The highest BCUT2D eigenvalue weighted by molar-refractivity contribution is 5.79. The van der Waals surface area contributed by atoms with Gasteiger partial charge >= 0.3 is 0 Å². The molecule has 3 heterocycles. The second kappa shape index (κ2) is 9.80. The van der Waals surface area contributed by atoms with Crippen LogP contribution in [-0.4, -0.2) is 60.2 Å². The van der Waals surface area contributed by atoms with Crippen LogP contribution in [0.15, 0.2) is 42.9 Å². The van der Waals surface area contributed by atoms with Crippen LogP contribution in [0.25, 0.3) is 0 Å². The van der Waals surface area contributed by atoms with Crippen LogP contribution < -0.4 is 10.2 Å². The summed E-state index contributed by atoms with van der Waals surface area (Å²) in [5, 5.41) is 3.17. The van der Waals surface area contributed by atoms with E-state index in [0.29, 0.717) is 13.1 Å². The van der Waals surface area contributed by atoms with Gasteiger partial charge in [-0.15, -0.1) is 0 Å². The van der Waals surface area contributed by atoms with Crippen molar-refractivity contribution in [2.24, 2.45) is 5.92 Å². The Morgan fingerprint density at radius 3 is 2.76 bits per heavy atom. The topological polar surface area (TPSA) is 70.6 Å². The zero-order chi connectivity index (χ0) is 19.9. The van der Waals surface area contributed by atoms with Crippen LogP contribution in [0.1, 0.15) is 24.0 Å². The molecular weight excluding hydrogens is 366 g/mol. The van der Waals surface area contributed by atoms with E-state index in [-0.39, 0.29) is 11.8 Å². The Balaban J connectivity index is 1.33. The van der Waals surface area contributed by atoms with Crippen LogP contribution in [-0.2, 0) is 22.6 Å². The predicted octanol–water partition coefficient (Wildman–Crippen LogP) is 1.84. The first-order valence-electron chi connectivity index (χ1n) is 10.4. The molecule has 1 aromatic carbocycles. The molecule has 2 fully saturated rings. The van der Waals surface area contributed by atoms with Gasteiger partial charge < -0.3 is 15.0 Å². The second-order valence-corrected chi connectivity index (χ2v) is 7.72. The van der Waals surface area contributed by atoms with Gasteiger partial charge in [0.15, 0.2) is 0 Å². The third kappa shape index (κ3) is 5.31. The SMILES string of the molecule is O=C(NCc1ccccc1CN1CCOCC1)C1CCCN(c2cnccn2)C1. The van der Waals surface area contributed by atoms with Gasteiger partial charge in [0.05, 0.1) is 25.3 Å². The molecule has 1 N–H and O–H groups in total. The molecule has 1 unspecified atom stereocenters. The monoisotopic (exact) mass is 395 g/mol. The number of piperidine rings is 1. The minimum absolute atomic E-state index is 0.0165. The van der Waals surface area contributed by atoms with Gasteiger partial charge in [0.2, 0.25) is 5.91 Å². The van der Waals surface area contributed by atoms with E-state index in [1.165, 1.54) is 11.1 Å². The maximum atomic E-state index is 12.8. The largest absolute Gasteiger partial charge is 0.379 e. The molecule has 0 radical (unpaired) electrons. The summed E-state index contributed by atoms with van der Waals surface area (Å²) in [5.74, 6) is 0.956. The molecule has 29 heavy (non-hydrogen) atoms. The highest BCUT2D eigenvalue weighted by atomic mass is 16.5. The Morgan fingerprint density at radius 2 is 1.97 bits per heavy atom. The Morgan fingerprint density at radius 1 is 1.14 bits per heavy atom. The number of anilines is 1. The second-order valence-electron chi connectivity index (χ2n) is 7.72. The molecule has 2 aromatic rings. The smallest absolute Gasteiger partial charge is 0.225 e. The number of nitrogens with zero attached hydrogens (tertiary/aromatic N) is 4. The molecule has 2 aliphatic heterocycles. The molecule has 1 aromatic heterocycles. The first kappa shape index (κ1) is 19.8. The van der Waals surface area contributed by atoms with Crippen molar-refractivity contribution in [2.45, 2.75) is 25.9 Å². The maximum Gasteiger partial charge on any atom is 0.225 e. The van der Waals surface area contributed by atoms with Crippen molar-refractivity contribution < 1.29 is 9.53 Å². The lowest BCUT2D eigenvalue weighted by atomic mass is 9.97. The van der Waals surface area contributed by atoms with Crippen LogP contribution in [0.2, 0.25) is 0 Å². The summed E-state index contributed by atoms with van der Waals surface area (Å²) >= 11 is 0. The Hall–Kier alpha value is -2.51. The summed E-state index contributed by atoms with van der Waals surface area (Å²) in [4.78, 5) is 25.9. The van der Waals surface area contributed by atoms with Gasteiger partial charge in [-0.3, -0.25) is 14.7 Å². The van der Waals surface area contributed by atoms with E-state index < -0.39 is 0 Å². The van der Waals surface area contributed by atoms with Crippen molar-refractivity contribution in [3.63, 3.8) is 0 Å². The summed E-state index contributed by atoms with van der Waals surface area (Å²) in [6, 6.07) is 8.39. The van der Waals surface area contributed by atoms with Gasteiger partial charge in [0.1, 0.15) is 5.82 Å². The molecule has 7 nitrogen and oxygen atoms in total. The number of hydrogen-bond donors (Lipinski definition) is 1. The normalized spacial score (nSPS) is 20.4. The molecule has 1 amide bonds. The van der Waals surface area contributed by atoms with Crippen LogP contribution in [0.4, 0.5) is 5.82 Å². The maximum absolute atomic E-state index is 12.8. The summed E-state index contributed by atoms with van der Waals surface area (Å²) in [6.45, 7) is 6.60. The van der Waals surface area contributed by atoms with Crippen molar-refractivity contribution in [2.75, 3.05) is 44.3 Å². The minimum Gasteiger partial charge on any atom is -0.379 e. The molecule has 0 spiro atoms. The number of benzene rings is 1. The molecular formula is C22H29N5O2. The van der Waals surface area contributed by atoms with Crippen LogP contribution in [0.3, 0.4) is 0 Å². The summed E-state index contributed by atoms with van der Waals surface area (Å²) in [5.41, 5.74) is 2.47. The van der Waals surface area contributed by atoms with Crippen molar-refractivity contribution in [1.29, 1.82) is 0 Å². The van der Waals surface area contributed by atoms with Crippen LogP contribution >= 0.6 is 0 Å². The van der Waals surface area contributed by atoms with Crippen molar-refractivity contribution in [3.05, 3.63) is 54.0 Å². The molecule has 0 bridgehead atoms. The number of morpholine rings is 1. The fourth-order valence-electron chi connectivity index (χ4n) is 4.06. The lowest BCUT2D eigenvalue weighted by Crippen LogP contribution is -2.43. The van der Waals surface area contributed by atoms with Gasteiger partial charge in [-0.25, -0.2) is 4.98 Å². The van der Waals surface area contributed by atoms with Crippen molar-refractivity contribution in [3.8, 4) is 0 Å². The number of ether oxygens (including phenoxy) is 1. The standard InChI is InChI=1S/C22H29N5O2/c28-22(20-6-3-9-27(17-20)21-15-23-7-8-24-21)25-14-18-4-1-2-5-19(18)16-26-10-12-29-13-11-26/h1-2,4-5,7-8,15,20H,3,6,9-14,16-17H2,(H,25,28). The number of aromatic nitrogens is 2. The van der Waals surface area contributed by atoms with E-state index in [0.717, 1.165) is 58.1 Å². The fourth-order valence-corrected chi connectivity index (χ4v) is 4.06. The van der Waals surface area contributed by atoms with Gasteiger partial charge in [0.25, 0.3) is 0 Å². The van der Waals surface area contributed by atoms with E-state index in [4.69, 9.17) is 4.74 Å². The first-order chi connectivity index (χ1) is 14.3. The van der Waals surface area contributed by atoms with Crippen molar-refractivity contribution >= 4 is 11.7 Å². The fraction of sp³-hybridized carbons (Fsp3) is 0.500. The number of amides is 1. The molecule has 0 saturated carbocycles. The molecule has 7 heteroatoms. The van der Waals surface area contributed by atoms with Gasteiger partial charge in [-0.2, -0.15) is 0 Å². The Bertz CT molecular complexity index is 795. The van der Waals surface area contributed by atoms with Gasteiger partial charge in [-0.1, -0.05) is 24.3 Å². The van der Waals surface area contributed by atoms with E-state index >= 15 is 0 Å². The minimum atomic E-state index is -0.0165. The van der Waals surface area contributed by atoms with E-state index in [2.05, 4.69) is 43.3 Å². The molecule has 4 rings (SSSR count). The lowest BCUT2D eigenvalue weighted by molar-refractivity contribution is -0.125. The Labute approximate surface area is 172 Å². The van der Waals surface area contributed by atoms with Crippen LogP contribution in [0, 0.1) is 5.92 Å². The highest BCUT2D eigenvalue weighted by Crippen LogP contribution is 2.21. The van der Waals surface area contributed by atoms with E-state index in [1.807, 2.05) is 6.07 Å². The molecule has 0 aliphatic carbocycles. The molecule has 2 saturated heterocycles. The lowest BCUT2D eigenvalue weighted by Gasteiger charge is -2.32. The number of hydrogen-bond acceptors (Lipinski definition) is 6. The summed E-state index contributed by atoms with van der Waals surface area (Å²) in [7, 11) is 0. The number of rotatable bonds is 6. The third-order valence-corrected chi connectivity index (χ3v) is 5.73. The molecule has 2 aliphatic rings. The van der Waals surface area contributed by atoms with E-state index in [9.17, 15) is 4.79 Å². The number of carbonyl (C=O) groups is 1. The van der Waals surface area contributed by atoms with E-state index in [1.54, 1.807) is 18.6 Å². The molecule has 154 valence electrons. The highest BCUT2D eigenvalue weighted by Gasteiger charge is 2.26. The summed E-state index contributed by atoms with van der Waals surface area (Å²) < 4.78 is 5.44. The molecule has 1 atom stereocenters. The number of carbonyl (C=O) groups excluding carboxylic acids is 1. The zero-order valence-electron chi connectivity index (χ0n) is 16.8. The quantitative estimate of drug-likeness (QED) is 0.805. The third-order valence-electron chi connectivity index (χ3n) is 5.73. The first-order valence-corrected chi connectivity index (χ1v) is 10.4. The zero-order valence-corrected chi connectivity index (χ0v) is 16.8. The average molecular weight is 396 g/mol. The Kier molecular flexibility index (Phi) is 6.69. The number of nitrogens with one attached hydrogen (secondary N) is 1. The van der Waals surface area contributed by atoms with Gasteiger partial charge in [-0.05, 0) is 24.0 Å². The van der Waals surface area contributed by atoms with Crippen LogP contribution in [0.5, 0.6) is 0 Å². The average Bonchev–Trinajstić information content (AvgIpc) is 2.80. The van der Waals surface area contributed by atoms with Crippen molar-refractivity contribution in [1.82, 2.24) is 20.2 Å². The van der Waals surface area contributed by atoms with Gasteiger partial charge in [0, 0.05) is 51.7 Å².